The van der Waals surface area contributed by atoms with Crippen molar-refractivity contribution in [3.63, 3.8) is 0 Å². The number of amides is 1. The molecule has 0 aromatic rings. The maximum absolute atomic E-state index is 11.9. The summed E-state index contributed by atoms with van der Waals surface area (Å²) in [4.78, 5) is 11.9. The van der Waals surface area contributed by atoms with Crippen LogP contribution in [-0.2, 0) is 9.53 Å². The Balaban J connectivity index is 1.73. The van der Waals surface area contributed by atoms with Gasteiger partial charge in [0.2, 0.25) is 5.91 Å². The quantitative estimate of drug-likeness (QED) is 0.727. The Morgan fingerprint density at radius 3 is 2.88 bits per heavy atom. The second-order valence-corrected chi connectivity index (χ2v) is 5.01. The third kappa shape index (κ3) is 3.19. The van der Waals surface area contributed by atoms with Crippen molar-refractivity contribution < 1.29 is 9.53 Å². The maximum atomic E-state index is 11.9. The van der Waals surface area contributed by atoms with Gasteiger partial charge in [-0.1, -0.05) is 0 Å². The molecule has 0 bridgehead atoms. The van der Waals surface area contributed by atoms with Crippen molar-refractivity contribution in [3.05, 3.63) is 0 Å². The van der Waals surface area contributed by atoms with Crippen LogP contribution < -0.4 is 10.6 Å². The van der Waals surface area contributed by atoms with Crippen LogP contribution in [0.2, 0.25) is 0 Å². The number of piperidine rings is 1. The highest BCUT2D eigenvalue weighted by molar-refractivity contribution is 5.79. The molecule has 2 rings (SSSR count). The lowest BCUT2D eigenvalue weighted by Crippen LogP contribution is -2.50. The first-order chi connectivity index (χ1) is 7.75. The third-order valence-electron chi connectivity index (χ3n) is 3.54. The predicted molar refractivity (Wildman–Crippen MR) is 62.2 cm³/mol. The van der Waals surface area contributed by atoms with Crippen LogP contribution in [-0.4, -0.2) is 37.7 Å². The van der Waals surface area contributed by atoms with Crippen LogP contribution >= 0.6 is 0 Å². The molecule has 1 amide bonds. The molecule has 0 radical (unpaired) electrons. The Hall–Kier alpha value is -0.610. The molecule has 0 aromatic heterocycles. The topological polar surface area (TPSA) is 50.4 Å². The van der Waals surface area contributed by atoms with E-state index < -0.39 is 0 Å². The Kier molecular flexibility index (Phi) is 4.18. The van der Waals surface area contributed by atoms with Crippen molar-refractivity contribution in [2.75, 3.05) is 19.8 Å². The van der Waals surface area contributed by atoms with E-state index in [1.807, 2.05) is 0 Å². The molecule has 0 aromatic carbocycles. The highest BCUT2D eigenvalue weighted by Gasteiger charge is 2.25. The lowest BCUT2D eigenvalue weighted by Gasteiger charge is -2.30. The number of hydrogen-bond donors (Lipinski definition) is 2. The SMILES string of the molecule is CC1CCC(NC(=O)C2CCCOC2)CN1. The number of rotatable bonds is 2. The van der Waals surface area contributed by atoms with E-state index in [0.717, 1.165) is 38.8 Å². The normalized spacial score (nSPS) is 35.7. The summed E-state index contributed by atoms with van der Waals surface area (Å²) in [5, 5.41) is 6.52. The third-order valence-corrected chi connectivity index (χ3v) is 3.54. The Morgan fingerprint density at radius 1 is 1.38 bits per heavy atom. The largest absolute Gasteiger partial charge is 0.381 e. The summed E-state index contributed by atoms with van der Waals surface area (Å²) < 4.78 is 5.33. The summed E-state index contributed by atoms with van der Waals surface area (Å²) in [5.74, 6) is 0.258. The fourth-order valence-corrected chi connectivity index (χ4v) is 2.39. The minimum Gasteiger partial charge on any atom is -0.381 e. The van der Waals surface area contributed by atoms with Crippen molar-refractivity contribution in [3.8, 4) is 0 Å². The first-order valence-electron chi connectivity index (χ1n) is 6.37. The second kappa shape index (κ2) is 5.64. The van der Waals surface area contributed by atoms with Crippen molar-refractivity contribution in [2.45, 2.75) is 44.7 Å². The van der Waals surface area contributed by atoms with E-state index in [0.29, 0.717) is 18.7 Å². The highest BCUT2D eigenvalue weighted by Crippen LogP contribution is 2.15. The van der Waals surface area contributed by atoms with Crippen LogP contribution in [0.5, 0.6) is 0 Å². The molecule has 92 valence electrons. The number of carbonyl (C=O) groups excluding carboxylic acids is 1. The molecule has 0 saturated carbocycles. The molecule has 2 N–H and O–H groups in total. The van der Waals surface area contributed by atoms with Crippen molar-refractivity contribution in [1.82, 2.24) is 10.6 Å². The Morgan fingerprint density at radius 2 is 2.25 bits per heavy atom. The standard InChI is InChI=1S/C12H22N2O2/c1-9-4-5-11(7-13-9)14-12(15)10-3-2-6-16-8-10/h9-11,13H,2-8H2,1H3,(H,14,15). The highest BCUT2D eigenvalue weighted by atomic mass is 16.5. The van der Waals surface area contributed by atoms with Gasteiger partial charge in [-0.3, -0.25) is 4.79 Å². The fourth-order valence-electron chi connectivity index (χ4n) is 2.39. The van der Waals surface area contributed by atoms with Gasteiger partial charge in [0, 0.05) is 25.2 Å². The summed E-state index contributed by atoms with van der Waals surface area (Å²) in [6.45, 7) is 4.50. The molecule has 0 spiro atoms. The molecule has 2 fully saturated rings. The number of nitrogens with one attached hydrogen (secondary N) is 2. The molecule has 3 unspecified atom stereocenters. The molecule has 4 heteroatoms. The molecule has 2 aliphatic heterocycles. The van der Waals surface area contributed by atoms with Crippen LogP contribution in [0.15, 0.2) is 0 Å². The smallest absolute Gasteiger partial charge is 0.225 e. The first-order valence-corrected chi connectivity index (χ1v) is 6.37. The summed E-state index contributed by atoms with van der Waals surface area (Å²) in [5.41, 5.74) is 0. The van der Waals surface area contributed by atoms with E-state index in [1.54, 1.807) is 0 Å². The number of ether oxygens (including phenoxy) is 1. The van der Waals surface area contributed by atoms with Crippen LogP contribution in [0.1, 0.15) is 32.6 Å². The van der Waals surface area contributed by atoms with Gasteiger partial charge in [-0.25, -0.2) is 0 Å². The molecule has 3 atom stereocenters. The van der Waals surface area contributed by atoms with Gasteiger partial charge in [-0.15, -0.1) is 0 Å². The second-order valence-electron chi connectivity index (χ2n) is 5.01. The minimum atomic E-state index is 0.0769. The lowest BCUT2D eigenvalue weighted by atomic mass is 9.98. The summed E-state index contributed by atoms with van der Waals surface area (Å²) in [7, 11) is 0. The van der Waals surface area contributed by atoms with Gasteiger partial charge in [0.25, 0.3) is 0 Å². The molecular formula is C12H22N2O2. The molecule has 0 aliphatic carbocycles. The first kappa shape index (κ1) is 11.9. The fraction of sp³-hybridized carbons (Fsp3) is 0.917. The van der Waals surface area contributed by atoms with Crippen LogP contribution in [0.25, 0.3) is 0 Å². The zero-order valence-electron chi connectivity index (χ0n) is 10.00. The van der Waals surface area contributed by atoms with E-state index in [9.17, 15) is 4.79 Å². The van der Waals surface area contributed by atoms with E-state index in [4.69, 9.17) is 4.74 Å². The zero-order valence-corrected chi connectivity index (χ0v) is 10.00. The van der Waals surface area contributed by atoms with Crippen molar-refractivity contribution in [2.24, 2.45) is 5.92 Å². The lowest BCUT2D eigenvalue weighted by molar-refractivity contribution is -0.129. The van der Waals surface area contributed by atoms with Gasteiger partial charge in [-0.05, 0) is 32.6 Å². The Bertz CT molecular complexity index is 231. The van der Waals surface area contributed by atoms with Crippen LogP contribution in [0, 0.1) is 5.92 Å². The average Bonchev–Trinajstić information content (AvgIpc) is 2.33. The molecule has 2 heterocycles. The predicted octanol–water partition coefficient (Wildman–Crippen LogP) is 0.670. The molecular weight excluding hydrogens is 204 g/mol. The van der Waals surface area contributed by atoms with Crippen LogP contribution in [0.4, 0.5) is 0 Å². The average molecular weight is 226 g/mol. The molecule has 4 nitrogen and oxygen atoms in total. The maximum Gasteiger partial charge on any atom is 0.225 e. The number of carbonyl (C=O) groups is 1. The van der Waals surface area contributed by atoms with E-state index in [1.165, 1.54) is 0 Å². The summed E-state index contributed by atoms with van der Waals surface area (Å²) >= 11 is 0. The van der Waals surface area contributed by atoms with Gasteiger partial charge < -0.3 is 15.4 Å². The van der Waals surface area contributed by atoms with Gasteiger partial charge >= 0.3 is 0 Å². The minimum absolute atomic E-state index is 0.0769. The van der Waals surface area contributed by atoms with Crippen molar-refractivity contribution >= 4 is 5.91 Å². The molecule has 2 saturated heterocycles. The molecule has 16 heavy (non-hydrogen) atoms. The monoisotopic (exact) mass is 226 g/mol. The zero-order chi connectivity index (χ0) is 11.4. The van der Waals surface area contributed by atoms with E-state index >= 15 is 0 Å². The summed E-state index contributed by atoms with van der Waals surface area (Å²) in [6, 6.07) is 0.900. The van der Waals surface area contributed by atoms with E-state index in [2.05, 4.69) is 17.6 Å². The number of hydrogen-bond acceptors (Lipinski definition) is 3. The summed E-state index contributed by atoms with van der Waals surface area (Å²) in [6.07, 6.45) is 4.22. The van der Waals surface area contributed by atoms with Crippen molar-refractivity contribution in [1.29, 1.82) is 0 Å². The Labute approximate surface area is 97.1 Å². The van der Waals surface area contributed by atoms with Gasteiger partial charge in [0.1, 0.15) is 0 Å². The van der Waals surface area contributed by atoms with Gasteiger partial charge in [-0.2, -0.15) is 0 Å². The van der Waals surface area contributed by atoms with E-state index in [-0.39, 0.29) is 11.8 Å². The van der Waals surface area contributed by atoms with Crippen LogP contribution in [0.3, 0.4) is 0 Å². The van der Waals surface area contributed by atoms with Gasteiger partial charge in [0.05, 0.1) is 12.5 Å². The van der Waals surface area contributed by atoms with Gasteiger partial charge in [0.15, 0.2) is 0 Å². The molecule has 2 aliphatic rings.